The Balaban J connectivity index is 2.60. The monoisotopic (exact) mass is 272 g/mol. The van der Waals surface area contributed by atoms with E-state index in [0.29, 0.717) is 3.92 Å². The van der Waals surface area contributed by atoms with E-state index >= 15 is 0 Å². The number of H-pyrrole nitrogens is 1. The predicted molar refractivity (Wildman–Crippen MR) is 58.5 cm³/mol. The molecule has 12 heavy (non-hydrogen) atoms. The fourth-order valence-corrected chi connectivity index (χ4v) is 1.60. The molecule has 0 fully saturated rings. The number of benzene rings is 1. The summed E-state index contributed by atoms with van der Waals surface area (Å²) in [5.74, 6) is 0. The third-order valence-electron chi connectivity index (χ3n) is 1.92. The molecule has 1 unspecified atom stereocenters. The number of aromatic nitrogens is 2. The van der Waals surface area contributed by atoms with Crippen molar-refractivity contribution in [3.63, 3.8) is 0 Å². The molecule has 0 amide bonds. The molecule has 1 aromatic heterocycles. The van der Waals surface area contributed by atoms with Crippen LogP contribution in [0.4, 0.5) is 0 Å². The highest BCUT2D eigenvalue weighted by molar-refractivity contribution is 14.1. The Bertz CT molecular complexity index is 392. The number of hydrogen-bond donors (Lipinski definition) is 1. The first-order valence-corrected chi connectivity index (χ1v) is 5.09. The fraction of sp³-hybridized carbons (Fsp3) is 0.222. The molecule has 0 aliphatic carbocycles. The van der Waals surface area contributed by atoms with Crippen LogP contribution >= 0.6 is 22.6 Å². The van der Waals surface area contributed by atoms with E-state index in [9.17, 15) is 0 Å². The van der Waals surface area contributed by atoms with Gasteiger partial charge in [0, 0.05) is 9.31 Å². The Hall–Kier alpha value is -0.580. The van der Waals surface area contributed by atoms with Crippen molar-refractivity contribution in [1.82, 2.24) is 10.2 Å². The van der Waals surface area contributed by atoms with Gasteiger partial charge in [-0.3, -0.25) is 5.10 Å². The number of nitrogens with zero attached hydrogens (tertiary/aromatic N) is 1. The van der Waals surface area contributed by atoms with Crippen molar-refractivity contribution in [3.8, 4) is 0 Å². The van der Waals surface area contributed by atoms with Gasteiger partial charge in [-0.2, -0.15) is 5.10 Å². The Morgan fingerprint density at radius 1 is 1.50 bits per heavy atom. The Labute approximate surface area is 84.5 Å². The topological polar surface area (TPSA) is 28.7 Å². The van der Waals surface area contributed by atoms with E-state index in [1.54, 1.807) is 0 Å². The summed E-state index contributed by atoms with van der Waals surface area (Å²) in [4.78, 5) is 0. The van der Waals surface area contributed by atoms with Crippen LogP contribution < -0.4 is 0 Å². The van der Waals surface area contributed by atoms with E-state index in [1.165, 1.54) is 10.9 Å². The van der Waals surface area contributed by atoms with E-state index in [0.717, 1.165) is 5.52 Å². The molecule has 2 rings (SSSR count). The van der Waals surface area contributed by atoms with E-state index in [-0.39, 0.29) is 0 Å². The predicted octanol–water partition coefficient (Wildman–Crippen LogP) is 3.06. The van der Waals surface area contributed by atoms with Crippen LogP contribution in [-0.4, -0.2) is 10.2 Å². The highest BCUT2D eigenvalue weighted by atomic mass is 127. The van der Waals surface area contributed by atoms with Gasteiger partial charge < -0.3 is 0 Å². The zero-order valence-corrected chi connectivity index (χ0v) is 8.87. The third-order valence-corrected chi connectivity index (χ3v) is 2.64. The van der Waals surface area contributed by atoms with Crippen LogP contribution in [0.3, 0.4) is 0 Å². The average molecular weight is 272 g/mol. The largest absolute Gasteiger partial charge is 0.278 e. The second-order valence-corrected chi connectivity index (χ2v) is 4.70. The highest BCUT2D eigenvalue weighted by Gasteiger charge is 2.01. The maximum atomic E-state index is 3.97. The van der Waals surface area contributed by atoms with Gasteiger partial charge in [0.1, 0.15) is 0 Å². The number of halogens is 1. The van der Waals surface area contributed by atoms with Crippen molar-refractivity contribution in [2.24, 2.45) is 0 Å². The molecule has 2 aromatic rings. The molecule has 62 valence electrons. The van der Waals surface area contributed by atoms with E-state index in [4.69, 9.17) is 0 Å². The quantitative estimate of drug-likeness (QED) is 0.627. The molecule has 1 atom stereocenters. The lowest BCUT2D eigenvalue weighted by Gasteiger charge is -2.01. The van der Waals surface area contributed by atoms with E-state index in [1.807, 2.05) is 6.20 Å². The van der Waals surface area contributed by atoms with Gasteiger partial charge in [0.2, 0.25) is 0 Å². The zero-order valence-electron chi connectivity index (χ0n) is 6.71. The van der Waals surface area contributed by atoms with Gasteiger partial charge >= 0.3 is 0 Å². The molecule has 0 saturated heterocycles. The summed E-state index contributed by atoms with van der Waals surface area (Å²) < 4.78 is 0.557. The first kappa shape index (κ1) is 8.04. The van der Waals surface area contributed by atoms with Crippen LogP contribution in [0.5, 0.6) is 0 Å². The minimum Gasteiger partial charge on any atom is -0.278 e. The molecule has 3 heteroatoms. The second-order valence-electron chi connectivity index (χ2n) is 2.83. The smallest absolute Gasteiger partial charge is 0.0650 e. The third kappa shape index (κ3) is 1.33. The van der Waals surface area contributed by atoms with Gasteiger partial charge in [-0.05, 0) is 24.6 Å². The Morgan fingerprint density at radius 2 is 2.33 bits per heavy atom. The molecule has 1 N–H and O–H groups in total. The van der Waals surface area contributed by atoms with Crippen LogP contribution in [0.1, 0.15) is 16.4 Å². The summed E-state index contributed by atoms with van der Waals surface area (Å²) in [5.41, 5.74) is 2.46. The Kier molecular flexibility index (Phi) is 2.04. The molecule has 0 radical (unpaired) electrons. The van der Waals surface area contributed by atoms with Gasteiger partial charge in [0.15, 0.2) is 0 Å². The fourth-order valence-electron chi connectivity index (χ4n) is 1.21. The summed E-state index contributed by atoms with van der Waals surface area (Å²) in [6.45, 7) is 2.18. The lowest BCUT2D eigenvalue weighted by Crippen LogP contribution is -1.81. The normalized spacial score (nSPS) is 13.5. The molecule has 1 aromatic carbocycles. The zero-order chi connectivity index (χ0) is 8.55. The molecule has 2 nitrogen and oxygen atoms in total. The highest BCUT2D eigenvalue weighted by Crippen LogP contribution is 2.24. The van der Waals surface area contributed by atoms with Crippen LogP contribution in [0.25, 0.3) is 10.9 Å². The van der Waals surface area contributed by atoms with Crippen molar-refractivity contribution >= 4 is 33.5 Å². The maximum Gasteiger partial charge on any atom is 0.0650 e. The summed E-state index contributed by atoms with van der Waals surface area (Å²) >= 11 is 2.41. The van der Waals surface area contributed by atoms with Crippen LogP contribution in [0.2, 0.25) is 0 Å². The lowest BCUT2D eigenvalue weighted by molar-refractivity contribution is 1.12. The van der Waals surface area contributed by atoms with Gasteiger partial charge in [0.05, 0.1) is 11.7 Å². The molecule has 1 heterocycles. The van der Waals surface area contributed by atoms with Crippen LogP contribution in [0, 0.1) is 0 Å². The lowest BCUT2D eigenvalue weighted by atomic mass is 10.1. The van der Waals surface area contributed by atoms with E-state index in [2.05, 4.69) is 57.9 Å². The number of rotatable bonds is 1. The standard InChI is InChI=1S/C9H9IN2/c1-6(10)7-2-3-9-8(4-7)5-11-12-9/h2-6H,1H3,(H,11,12). The summed E-state index contributed by atoms with van der Waals surface area (Å²) in [5, 5.41) is 8.10. The number of nitrogens with one attached hydrogen (secondary N) is 1. The number of aromatic amines is 1. The van der Waals surface area contributed by atoms with Crippen molar-refractivity contribution in [1.29, 1.82) is 0 Å². The van der Waals surface area contributed by atoms with Crippen LogP contribution in [0.15, 0.2) is 24.4 Å². The molecular weight excluding hydrogens is 263 g/mol. The second kappa shape index (κ2) is 3.05. The molecule has 0 aliphatic heterocycles. The Morgan fingerprint density at radius 3 is 3.08 bits per heavy atom. The number of alkyl halides is 1. The summed E-state index contributed by atoms with van der Waals surface area (Å²) in [7, 11) is 0. The minimum absolute atomic E-state index is 0.557. The van der Waals surface area contributed by atoms with Crippen molar-refractivity contribution in [2.45, 2.75) is 10.8 Å². The maximum absolute atomic E-state index is 3.97. The first-order valence-electron chi connectivity index (χ1n) is 3.84. The van der Waals surface area contributed by atoms with Gasteiger partial charge in [-0.1, -0.05) is 28.7 Å². The SMILES string of the molecule is CC(I)c1ccc2[nH]ncc2c1. The molecule has 0 saturated carbocycles. The molecular formula is C9H9IN2. The first-order chi connectivity index (χ1) is 5.77. The van der Waals surface area contributed by atoms with Gasteiger partial charge in [0.25, 0.3) is 0 Å². The average Bonchev–Trinajstić information content (AvgIpc) is 2.49. The molecule has 0 aliphatic rings. The van der Waals surface area contributed by atoms with Crippen molar-refractivity contribution < 1.29 is 0 Å². The number of hydrogen-bond acceptors (Lipinski definition) is 1. The van der Waals surface area contributed by atoms with Crippen LogP contribution in [-0.2, 0) is 0 Å². The van der Waals surface area contributed by atoms with Gasteiger partial charge in [-0.25, -0.2) is 0 Å². The summed E-state index contributed by atoms with van der Waals surface area (Å²) in [6, 6.07) is 6.39. The van der Waals surface area contributed by atoms with Crippen molar-refractivity contribution in [2.75, 3.05) is 0 Å². The molecule has 0 spiro atoms. The van der Waals surface area contributed by atoms with Crippen molar-refractivity contribution in [3.05, 3.63) is 30.0 Å². The summed E-state index contributed by atoms with van der Waals surface area (Å²) in [6.07, 6.45) is 1.86. The molecule has 0 bridgehead atoms. The van der Waals surface area contributed by atoms with E-state index < -0.39 is 0 Å². The minimum atomic E-state index is 0.557. The number of fused-ring (bicyclic) bond motifs is 1. The van der Waals surface area contributed by atoms with Gasteiger partial charge in [-0.15, -0.1) is 0 Å².